The number of amides is 1. The van der Waals surface area contributed by atoms with E-state index < -0.39 is 5.97 Å². The Balaban J connectivity index is 1.95. The van der Waals surface area contributed by atoms with Crippen LogP contribution in [0.3, 0.4) is 0 Å². The molecular formula is C13H11ClN2O3S2. The summed E-state index contributed by atoms with van der Waals surface area (Å²) in [6.07, 6.45) is 3.08. The summed E-state index contributed by atoms with van der Waals surface area (Å²) in [6.45, 7) is 1.75. The average molecular weight is 343 g/mol. The molecule has 0 aromatic carbocycles. The number of nitrogens with one attached hydrogen (secondary N) is 1. The Hall–Kier alpha value is -1.70. The normalized spacial score (nSPS) is 12.5. The van der Waals surface area contributed by atoms with Crippen LogP contribution in [0.25, 0.3) is 6.08 Å². The molecule has 2 rings (SSSR count). The lowest BCUT2D eigenvalue weighted by atomic mass is 10.3. The SMILES string of the molecule is CC(NC(=O)C=Cc1ccc(Cl)s1)c1nc(C(=O)O)cs1. The quantitative estimate of drug-likeness (QED) is 0.816. The smallest absolute Gasteiger partial charge is 0.355 e. The third-order valence-electron chi connectivity index (χ3n) is 2.46. The highest BCUT2D eigenvalue weighted by atomic mass is 35.5. The summed E-state index contributed by atoms with van der Waals surface area (Å²) in [4.78, 5) is 27.4. The zero-order valence-corrected chi connectivity index (χ0v) is 13.3. The van der Waals surface area contributed by atoms with Gasteiger partial charge in [-0.1, -0.05) is 11.6 Å². The van der Waals surface area contributed by atoms with E-state index >= 15 is 0 Å². The highest BCUT2D eigenvalue weighted by Gasteiger charge is 2.14. The lowest BCUT2D eigenvalue weighted by molar-refractivity contribution is -0.117. The maximum atomic E-state index is 11.8. The zero-order chi connectivity index (χ0) is 15.4. The van der Waals surface area contributed by atoms with Gasteiger partial charge in [0.05, 0.1) is 10.4 Å². The summed E-state index contributed by atoms with van der Waals surface area (Å²) in [6, 6.07) is 3.22. The van der Waals surface area contributed by atoms with Crippen molar-refractivity contribution in [2.75, 3.05) is 0 Å². The molecule has 0 saturated carbocycles. The number of carboxylic acids is 1. The van der Waals surface area contributed by atoms with Gasteiger partial charge in [0, 0.05) is 16.3 Å². The second kappa shape index (κ2) is 6.84. The second-order valence-electron chi connectivity index (χ2n) is 4.08. The lowest BCUT2D eigenvalue weighted by Crippen LogP contribution is -2.24. The summed E-state index contributed by atoms with van der Waals surface area (Å²) in [5.41, 5.74) is -0.0140. The highest BCUT2D eigenvalue weighted by molar-refractivity contribution is 7.17. The molecule has 0 fully saturated rings. The summed E-state index contributed by atoms with van der Waals surface area (Å²) in [5.74, 6) is -1.36. The molecule has 2 N–H and O–H groups in total. The fourth-order valence-corrected chi connectivity index (χ4v) is 3.25. The molecule has 0 bridgehead atoms. The molecular weight excluding hydrogens is 332 g/mol. The van der Waals surface area contributed by atoms with Gasteiger partial charge in [-0.05, 0) is 25.1 Å². The number of carboxylic acid groups (broad SMARTS) is 1. The van der Waals surface area contributed by atoms with Crippen LogP contribution >= 0.6 is 34.3 Å². The van der Waals surface area contributed by atoms with Crippen LogP contribution in [-0.4, -0.2) is 22.0 Å². The first kappa shape index (κ1) is 15.7. The van der Waals surface area contributed by atoms with Crippen LogP contribution < -0.4 is 5.32 Å². The molecule has 0 radical (unpaired) electrons. The van der Waals surface area contributed by atoms with Crippen molar-refractivity contribution in [2.24, 2.45) is 0 Å². The van der Waals surface area contributed by atoms with Gasteiger partial charge < -0.3 is 10.4 Å². The number of aromatic nitrogens is 1. The fourth-order valence-electron chi connectivity index (χ4n) is 1.48. The van der Waals surface area contributed by atoms with E-state index in [4.69, 9.17) is 16.7 Å². The summed E-state index contributed by atoms with van der Waals surface area (Å²) < 4.78 is 0.660. The molecule has 1 atom stereocenters. The Bertz CT molecular complexity index is 693. The minimum Gasteiger partial charge on any atom is -0.476 e. The molecule has 2 aromatic heterocycles. The Morgan fingerprint density at radius 2 is 2.24 bits per heavy atom. The largest absolute Gasteiger partial charge is 0.476 e. The van der Waals surface area contributed by atoms with E-state index in [-0.39, 0.29) is 17.6 Å². The van der Waals surface area contributed by atoms with Crippen LogP contribution in [0.1, 0.15) is 33.3 Å². The van der Waals surface area contributed by atoms with Gasteiger partial charge in [0.1, 0.15) is 5.01 Å². The number of hydrogen-bond donors (Lipinski definition) is 2. The van der Waals surface area contributed by atoms with E-state index in [1.807, 2.05) is 6.07 Å². The number of rotatable bonds is 5. The molecule has 2 heterocycles. The molecule has 0 spiro atoms. The van der Waals surface area contributed by atoms with Crippen molar-refractivity contribution in [3.8, 4) is 0 Å². The van der Waals surface area contributed by atoms with Gasteiger partial charge in [0.2, 0.25) is 5.91 Å². The van der Waals surface area contributed by atoms with Crippen LogP contribution in [-0.2, 0) is 4.79 Å². The second-order valence-corrected chi connectivity index (χ2v) is 6.72. The van der Waals surface area contributed by atoms with E-state index in [2.05, 4.69) is 10.3 Å². The number of carbonyl (C=O) groups is 2. The monoisotopic (exact) mass is 342 g/mol. The first-order valence-corrected chi connectivity index (χ1v) is 7.95. The van der Waals surface area contributed by atoms with Gasteiger partial charge in [-0.2, -0.15) is 0 Å². The minimum absolute atomic E-state index is 0.0140. The van der Waals surface area contributed by atoms with Crippen LogP contribution in [0.2, 0.25) is 4.34 Å². The van der Waals surface area contributed by atoms with Crippen molar-refractivity contribution >= 4 is 52.2 Å². The van der Waals surface area contributed by atoms with Crippen LogP contribution in [0.4, 0.5) is 0 Å². The average Bonchev–Trinajstić information content (AvgIpc) is 3.05. The maximum Gasteiger partial charge on any atom is 0.355 e. The van der Waals surface area contributed by atoms with E-state index in [9.17, 15) is 9.59 Å². The number of carbonyl (C=O) groups excluding carboxylic acids is 1. The van der Waals surface area contributed by atoms with E-state index in [0.717, 1.165) is 4.88 Å². The number of aromatic carboxylic acids is 1. The van der Waals surface area contributed by atoms with Gasteiger partial charge in [0.25, 0.3) is 0 Å². The molecule has 0 aliphatic rings. The number of thiophene rings is 1. The summed E-state index contributed by atoms with van der Waals surface area (Å²) in [7, 11) is 0. The Morgan fingerprint density at radius 3 is 2.81 bits per heavy atom. The molecule has 8 heteroatoms. The molecule has 2 aromatic rings. The molecule has 1 unspecified atom stereocenters. The van der Waals surface area contributed by atoms with Crippen molar-refractivity contribution in [3.05, 3.63) is 43.5 Å². The third kappa shape index (κ3) is 4.38. The summed E-state index contributed by atoms with van der Waals surface area (Å²) >= 11 is 8.37. The van der Waals surface area contributed by atoms with Crippen LogP contribution in [0.5, 0.6) is 0 Å². The Kier molecular flexibility index (Phi) is 5.11. The predicted octanol–water partition coefficient (Wildman–Crippen LogP) is 3.45. The fraction of sp³-hybridized carbons (Fsp3) is 0.154. The Labute approximate surface area is 133 Å². The number of halogens is 1. The number of thiazole rings is 1. The van der Waals surface area contributed by atoms with Crippen molar-refractivity contribution in [1.29, 1.82) is 0 Å². The Morgan fingerprint density at radius 1 is 1.48 bits per heavy atom. The van der Waals surface area contributed by atoms with Crippen molar-refractivity contribution in [3.63, 3.8) is 0 Å². The van der Waals surface area contributed by atoms with E-state index in [1.54, 1.807) is 19.1 Å². The molecule has 1 amide bonds. The van der Waals surface area contributed by atoms with Gasteiger partial charge in [0.15, 0.2) is 5.69 Å². The van der Waals surface area contributed by atoms with E-state index in [0.29, 0.717) is 9.34 Å². The predicted molar refractivity (Wildman–Crippen MR) is 84.0 cm³/mol. The van der Waals surface area contributed by atoms with Crippen LogP contribution in [0, 0.1) is 0 Å². The van der Waals surface area contributed by atoms with Crippen molar-refractivity contribution in [2.45, 2.75) is 13.0 Å². The molecule has 0 aliphatic heterocycles. The first-order chi connectivity index (χ1) is 9.95. The first-order valence-electron chi connectivity index (χ1n) is 5.88. The van der Waals surface area contributed by atoms with Gasteiger partial charge in [-0.3, -0.25) is 4.79 Å². The van der Waals surface area contributed by atoms with Crippen molar-refractivity contribution in [1.82, 2.24) is 10.3 Å². The molecule has 110 valence electrons. The maximum absolute atomic E-state index is 11.8. The lowest BCUT2D eigenvalue weighted by Gasteiger charge is -2.08. The summed E-state index contributed by atoms with van der Waals surface area (Å²) in [5, 5.41) is 13.5. The van der Waals surface area contributed by atoms with Crippen molar-refractivity contribution < 1.29 is 14.7 Å². The van der Waals surface area contributed by atoms with E-state index in [1.165, 1.54) is 34.1 Å². The molecule has 0 saturated heterocycles. The molecule has 5 nitrogen and oxygen atoms in total. The van der Waals surface area contributed by atoms with Gasteiger partial charge >= 0.3 is 5.97 Å². The minimum atomic E-state index is -1.08. The van der Waals surface area contributed by atoms with Gasteiger partial charge in [-0.15, -0.1) is 22.7 Å². The zero-order valence-electron chi connectivity index (χ0n) is 10.9. The van der Waals surface area contributed by atoms with Gasteiger partial charge in [-0.25, -0.2) is 9.78 Å². The topological polar surface area (TPSA) is 79.3 Å². The third-order valence-corrected chi connectivity index (χ3v) is 4.69. The van der Waals surface area contributed by atoms with Crippen LogP contribution in [0.15, 0.2) is 23.6 Å². The highest BCUT2D eigenvalue weighted by Crippen LogP contribution is 2.22. The molecule has 0 aliphatic carbocycles. The molecule has 21 heavy (non-hydrogen) atoms. The number of hydrogen-bond acceptors (Lipinski definition) is 5. The standard InChI is InChI=1S/C13H11ClN2O3S2/c1-7(12-16-9(6-20-12)13(18)19)15-11(17)5-3-8-2-4-10(14)21-8/h2-7H,1H3,(H,15,17)(H,18,19). The number of nitrogens with zero attached hydrogens (tertiary/aromatic N) is 1.